The van der Waals surface area contributed by atoms with E-state index in [0.29, 0.717) is 38.7 Å². The molecule has 2 aliphatic rings. The summed E-state index contributed by atoms with van der Waals surface area (Å²) in [6, 6.07) is 32.9. The monoisotopic (exact) mass is 590 g/mol. The van der Waals surface area contributed by atoms with Gasteiger partial charge in [-0.15, -0.1) is 0 Å². The van der Waals surface area contributed by atoms with E-state index in [0.717, 1.165) is 64.6 Å². The Labute approximate surface area is 259 Å². The number of amides is 4. The van der Waals surface area contributed by atoms with Gasteiger partial charge in [0.1, 0.15) is 0 Å². The van der Waals surface area contributed by atoms with Crippen molar-refractivity contribution < 1.29 is 19.2 Å². The van der Waals surface area contributed by atoms with Gasteiger partial charge in [-0.3, -0.25) is 24.5 Å². The second-order valence-electron chi connectivity index (χ2n) is 12.3. The number of carbonyl (C=O) groups is 4. The highest BCUT2D eigenvalue weighted by Crippen LogP contribution is 2.49. The predicted octanol–water partition coefficient (Wildman–Crippen LogP) is 8.32. The van der Waals surface area contributed by atoms with Crippen LogP contribution in [0.25, 0.3) is 75.4 Å². The molecule has 0 bridgehead atoms. The summed E-state index contributed by atoms with van der Waals surface area (Å²) in [5, 5.41) is 16.0. The molecule has 46 heavy (non-hydrogen) atoms. The van der Waals surface area contributed by atoms with E-state index in [9.17, 15) is 19.2 Å². The highest BCUT2D eigenvalue weighted by Gasteiger charge is 2.35. The van der Waals surface area contributed by atoms with Crippen molar-refractivity contribution in [2.75, 3.05) is 4.90 Å². The molecule has 2 aliphatic heterocycles. The molecule has 0 aromatic heterocycles. The largest absolute Gasteiger partial charge is 0.288 e. The Morgan fingerprint density at radius 1 is 0.348 bits per heavy atom. The number of benzene rings is 9. The van der Waals surface area contributed by atoms with Gasteiger partial charge in [0, 0.05) is 33.0 Å². The molecular formula is C40H18N2O4. The van der Waals surface area contributed by atoms with Crippen LogP contribution in [0.5, 0.6) is 0 Å². The highest BCUT2D eigenvalue weighted by atomic mass is 16.2. The lowest BCUT2D eigenvalue weighted by Gasteiger charge is -2.28. The molecule has 6 nitrogen and oxygen atoms in total. The SMILES string of the molecule is O=C1NC(=O)c2ccc3c4ccc5c6ccc7c8c(ccc(c9ccc(c%10ccc1c2c%103)c4c95)c86)C(=O)N(c1ccccc1)C7=O. The van der Waals surface area contributed by atoms with Crippen LogP contribution in [0.4, 0.5) is 5.69 Å². The maximum atomic E-state index is 13.9. The Bertz CT molecular complexity index is 2790. The van der Waals surface area contributed by atoms with E-state index in [1.165, 1.54) is 4.90 Å². The maximum Gasteiger partial charge on any atom is 0.265 e. The lowest BCUT2D eigenvalue weighted by atomic mass is 9.81. The summed E-state index contributed by atoms with van der Waals surface area (Å²) in [6.07, 6.45) is 0. The standard InChI is InChI=1S/C40H18N2O4/c43-37-27-14-10-23-19-6-8-21-25-12-16-29-36-30(40(46)42(39(29)45)18-4-2-1-3-5-18)17-13-26(34(25)36)22-9-7-20(31(19)32(21)22)24-11-15-28(38(44)41-37)35(27)33(23)24/h1-17H,(H,41,43,44). The fourth-order valence-corrected chi connectivity index (χ4v) is 8.40. The first-order valence-corrected chi connectivity index (χ1v) is 15.1. The number of rotatable bonds is 1. The average molecular weight is 591 g/mol. The number of imide groups is 2. The number of nitrogens with one attached hydrogen (secondary N) is 1. The van der Waals surface area contributed by atoms with Crippen molar-refractivity contribution in [3.05, 3.63) is 125 Å². The van der Waals surface area contributed by atoms with E-state index < -0.39 is 0 Å². The Hall–Kier alpha value is -6.40. The summed E-state index contributed by atoms with van der Waals surface area (Å²) >= 11 is 0. The molecule has 0 fully saturated rings. The summed E-state index contributed by atoms with van der Waals surface area (Å²) < 4.78 is 0. The van der Waals surface area contributed by atoms with Crippen LogP contribution >= 0.6 is 0 Å². The van der Waals surface area contributed by atoms with Gasteiger partial charge in [-0.2, -0.15) is 0 Å². The van der Waals surface area contributed by atoms with Crippen molar-refractivity contribution in [1.29, 1.82) is 0 Å². The molecule has 0 aliphatic carbocycles. The van der Waals surface area contributed by atoms with E-state index in [1.807, 2.05) is 66.7 Å². The third-order valence-corrected chi connectivity index (χ3v) is 10.2. The molecule has 4 amide bonds. The first kappa shape index (κ1) is 24.0. The second kappa shape index (κ2) is 7.81. The van der Waals surface area contributed by atoms with Crippen LogP contribution in [-0.4, -0.2) is 23.6 Å². The Morgan fingerprint density at radius 3 is 1.09 bits per heavy atom. The van der Waals surface area contributed by atoms with Crippen LogP contribution in [-0.2, 0) is 0 Å². The summed E-state index contributed by atoms with van der Waals surface area (Å²) in [5.41, 5.74) is 2.59. The molecule has 0 radical (unpaired) electrons. The smallest absolute Gasteiger partial charge is 0.265 e. The average Bonchev–Trinajstić information content (AvgIpc) is 3.08. The van der Waals surface area contributed by atoms with Crippen LogP contribution in [0.1, 0.15) is 41.4 Å². The second-order valence-corrected chi connectivity index (χ2v) is 12.3. The first-order valence-electron chi connectivity index (χ1n) is 15.1. The van der Waals surface area contributed by atoms with E-state index in [4.69, 9.17) is 0 Å². The van der Waals surface area contributed by atoms with Gasteiger partial charge in [-0.1, -0.05) is 66.7 Å². The van der Waals surface area contributed by atoms with E-state index in [1.54, 1.807) is 12.1 Å². The zero-order valence-corrected chi connectivity index (χ0v) is 23.9. The number of hydrogen-bond acceptors (Lipinski definition) is 4. The molecule has 0 spiro atoms. The van der Waals surface area contributed by atoms with Crippen molar-refractivity contribution in [1.82, 2.24) is 5.32 Å². The first-order chi connectivity index (χ1) is 22.5. The number of nitrogens with zero attached hydrogens (tertiary/aromatic N) is 1. The molecule has 0 saturated carbocycles. The minimum Gasteiger partial charge on any atom is -0.288 e. The van der Waals surface area contributed by atoms with Gasteiger partial charge in [0.15, 0.2) is 0 Å². The molecule has 212 valence electrons. The van der Waals surface area contributed by atoms with Gasteiger partial charge in [-0.25, -0.2) is 4.90 Å². The minimum absolute atomic E-state index is 0.327. The van der Waals surface area contributed by atoms with E-state index in [-0.39, 0.29) is 23.6 Å². The van der Waals surface area contributed by atoms with Gasteiger partial charge in [0.2, 0.25) is 0 Å². The summed E-state index contributed by atoms with van der Waals surface area (Å²) in [4.78, 5) is 54.7. The molecule has 9 aromatic carbocycles. The van der Waals surface area contributed by atoms with E-state index >= 15 is 0 Å². The fraction of sp³-hybridized carbons (Fsp3) is 0. The third kappa shape index (κ3) is 2.58. The van der Waals surface area contributed by atoms with Crippen LogP contribution in [0, 0.1) is 0 Å². The highest BCUT2D eigenvalue weighted by molar-refractivity contribution is 6.46. The van der Waals surface area contributed by atoms with Gasteiger partial charge in [0.05, 0.1) is 5.69 Å². The number of para-hydroxylation sites is 1. The molecular weight excluding hydrogens is 572 g/mol. The third-order valence-electron chi connectivity index (χ3n) is 10.2. The molecule has 9 aromatic rings. The van der Waals surface area contributed by atoms with Gasteiger partial charge in [-0.05, 0) is 101 Å². The van der Waals surface area contributed by atoms with Gasteiger partial charge >= 0.3 is 0 Å². The van der Waals surface area contributed by atoms with Crippen LogP contribution in [0.15, 0.2) is 103 Å². The fourth-order valence-electron chi connectivity index (χ4n) is 8.40. The molecule has 6 heteroatoms. The minimum atomic E-state index is -0.377. The number of fused-ring (bicyclic) bond motifs is 4. The zero-order valence-electron chi connectivity index (χ0n) is 23.9. The number of hydrogen-bond donors (Lipinski definition) is 1. The number of carbonyl (C=O) groups excluding carboxylic acids is 4. The molecule has 0 saturated heterocycles. The molecule has 11 rings (SSSR count). The molecule has 0 unspecified atom stereocenters. The van der Waals surface area contributed by atoms with Crippen molar-refractivity contribution in [3.63, 3.8) is 0 Å². The molecule has 2 heterocycles. The van der Waals surface area contributed by atoms with Crippen molar-refractivity contribution in [3.8, 4) is 0 Å². The normalized spacial score (nSPS) is 14.8. The lowest BCUT2D eigenvalue weighted by molar-refractivity contribution is 0.0840. The lowest BCUT2D eigenvalue weighted by Crippen LogP contribution is -2.40. The zero-order chi connectivity index (χ0) is 30.6. The maximum absolute atomic E-state index is 13.9. The molecule has 1 N–H and O–H groups in total. The van der Waals surface area contributed by atoms with Crippen molar-refractivity contribution in [2.45, 2.75) is 0 Å². The Morgan fingerprint density at radius 2 is 0.674 bits per heavy atom. The topological polar surface area (TPSA) is 83.6 Å². The summed E-state index contributed by atoms with van der Waals surface area (Å²) in [7, 11) is 0. The van der Waals surface area contributed by atoms with Gasteiger partial charge in [0.25, 0.3) is 23.6 Å². The van der Waals surface area contributed by atoms with E-state index in [2.05, 4.69) is 29.6 Å². The summed E-state index contributed by atoms with van der Waals surface area (Å²) in [5.74, 6) is -1.41. The Balaban J connectivity index is 1.29. The van der Waals surface area contributed by atoms with Gasteiger partial charge < -0.3 is 0 Å². The predicted molar refractivity (Wildman–Crippen MR) is 181 cm³/mol. The molecule has 0 atom stereocenters. The van der Waals surface area contributed by atoms with Crippen LogP contribution < -0.4 is 10.2 Å². The van der Waals surface area contributed by atoms with Crippen LogP contribution in [0.2, 0.25) is 0 Å². The van der Waals surface area contributed by atoms with Crippen LogP contribution in [0.3, 0.4) is 0 Å². The van der Waals surface area contributed by atoms with Crippen molar-refractivity contribution in [2.24, 2.45) is 0 Å². The quantitative estimate of drug-likeness (QED) is 0.118. The number of anilines is 1. The Kier molecular flexibility index (Phi) is 4.07. The summed E-state index contributed by atoms with van der Waals surface area (Å²) in [6.45, 7) is 0. The van der Waals surface area contributed by atoms with Crippen molar-refractivity contribution >= 4 is 105 Å².